The van der Waals surface area contributed by atoms with Crippen LogP contribution in [0.4, 0.5) is 30.2 Å². The summed E-state index contributed by atoms with van der Waals surface area (Å²) in [6, 6.07) is 13.9. The molecule has 0 saturated heterocycles. The molecule has 3 aromatic rings. The second-order valence-electron chi connectivity index (χ2n) is 6.36. The smallest absolute Gasteiger partial charge is 0.398 e. The molecule has 0 saturated carbocycles. The van der Waals surface area contributed by atoms with E-state index in [0.717, 1.165) is 12.1 Å². The minimum Gasteiger partial charge on any atom is -0.398 e. The topological polar surface area (TPSA) is 72.2 Å². The molecule has 28 heavy (non-hydrogen) atoms. The quantitative estimate of drug-likeness (QED) is 0.488. The number of halogens is 3. The summed E-state index contributed by atoms with van der Waals surface area (Å²) in [6.07, 6.45) is -4.50. The van der Waals surface area contributed by atoms with Gasteiger partial charge in [0.05, 0.1) is 22.4 Å². The van der Waals surface area contributed by atoms with Crippen molar-refractivity contribution in [2.45, 2.75) is 6.18 Å². The average molecular weight is 382 g/mol. The fraction of sp³-hybridized carbons (Fsp3) is 0.0476. The lowest BCUT2D eigenvalue weighted by Gasteiger charge is -2.22. The molecule has 4 nitrogen and oxygen atoms in total. The number of benzene rings is 3. The van der Waals surface area contributed by atoms with Gasteiger partial charge in [0.1, 0.15) is 0 Å². The van der Waals surface area contributed by atoms with Gasteiger partial charge in [0.2, 0.25) is 0 Å². The van der Waals surface area contributed by atoms with Crippen LogP contribution in [-0.2, 0) is 6.18 Å². The molecular formula is C21H13F3N2O2. The first kappa shape index (κ1) is 17.8. The Kier molecular flexibility index (Phi) is 3.96. The van der Waals surface area contributed by atoms with Crippen molar-refractivity contribution in [1.82, 2.24) is 0 Å². The Morgan fingerprint density at radius 2 is 1.43 bits per heavy atom. The number of rotatable bonds is 2. The van der Waals surface area contributed by atoms with Gasteiger partial charge in [0, 0.05) is 22.5 Å². The first-order valence-electron chi connectivity index (χ1n) is 8.32. The van der Waals surface area contributed by atoms with Crippen LogP contribution in [0.3, 0.4) is 0 Å². The highest BCUT2D eigenvalue weighted by Crippen LogP contribution is 2.37. The fourth-order valence-electron chi connectivity index (χ4n) is 3.28. The normalized spacial score (nSPS) is 13.1. The van der Waals surface area contributed by atoms with Gasteiger partial charge in [0.15, 0.2) is 11.6 Å². The van der Waals surface area contributed by atoms with Crippen LogP contribution < -0.4 is 11.1 Å². The first-order chi connectivity index (χ1) is 13.3. The van der Waals surface area contributed by atoms with Crippen LogP contribution in [0.5, 0.6) is 0 Å². The number of carbonyl (C=O) groups is 2. The van der Waals surface area contributed by atoms with Crippen LogP contribution >= 0.6 is 0 Å². The highest BCUT2D eigenvalue weighted by Gasteiger charge is 2.34. The maximum atomic E-state index is 13.0. The fourth-order valence-corrected chi connectivity index (χ4v) is 3.28. The largest absolute Gasteiger partial charge is 0.416 e. The SMILES string of the molecule is Nc1ccc(Nc2cccc(C(F)(F)F)c2)c2c1C(=O)c1ccccc1C2=O. The van der Waals surface area contributed by atoms with Crippen molar-refractivity contribution in [3.63, 3.8) is 0 Å². The summed E-state index contributed by atoms with van der Waals surface area (Å²) < 4.78 is 38.9. The Morgan fingerprint density at radius 1 is 0.786 bits per heavy atom. The summed E-state index contributed by atoms with van der Waals surface area (Å²) in [7, 11) is 0. The Morgan fingerprint density at radius 3 is 2.07 bits per heavy atom. The predicted molar refractivity (Wildman–Crippen MR) is 98.9 cm³/mol. The molecule has 4 rings (SSSR count). The summed E-state index contributed by atoms with van der Waals surface area (Å²) in [5, 5.41) is 2.82. The zero-order chi connectivity index (χ0) is 20.1. The third-order valence-electron chi connectivity index (χ3n) is 4.58. The number of fused-ring (bicyclic) bond motifs is 2. The molecule has 140 valence electrons. The first-order valence-corrected chi connectivity index (χ1v) is 8.32. The van der Waals surface area contributed by atoms with Gasteiger partial charge in [-0.15, -0.1) is 0 Å². The number of anilines is 3. The van der Waals surface area contributed by atoms with E-state index in [9.17, 15) is 22.8 Å². The molecule has 7 heteroatoms. The Labute approximate surface area is 157 Å². The molecule has 3 N–H and O–H groups in total. The van der Waals surface area contributed by atoms with Crippen LogP contribution in [0.1, 0.15) is 37.4 Å². The Hall–Kier alpha value is -3.61. The van der Waals surface area contributed by atoms with Crippen molar-refractivity contribution in [2.24, 2.45) is 0 Å². The molecule has 0 aliphatic heterocycles. The highest BCUT2D eigenvalue weighted by atomic mass is 19.4. The van der Waals surface area contributed by atoms with Gasteiger partial charge < -0.3 is 11.1 Å². The zero-order valence-corrected chi connectivity index (χ0v) is 14.3. The average Bonchev–Trinajstić information content (AvgIpc) is 2.67. The second-order valence-corrected chi connectivity index (χ2v) is 6.36. The molecule has 0 amide bonds. The standard InChI is InChI=1S/C21H13F3N2O2/c22-21(23,24)11-4-3-5-12(10-11)26-16-9-8-15(25)17-18(16)20(28)14-7-2-1-6-13(14)19(17)27/h1-10,26H,25H2. The predicted octanol–water partition coefficient (Wildman–Crippen LogP) is 4.81. The molecule has 0 aromatic heterocycles. The van der Waals surface area contributed by atoms with Gasteiger partial charge in [-0.2, -0.15) is 13.2 Å². The van der Waals surface area contributed by atoms with Crippen LogP contribution in [-0.4, -0.2) is 11.6 Å². The maximum absolute atomic E-state index is 13.0. The number of ketones is 2. The summed E-state index contributed by atoms with van der Waals surface area (Å²) >= 11 is 0. The Bertz CT molecular complexity index is 1140. The van der Waals surface area contributed by atoms with Gasteiger partial charge in [-0.25, -0.2) is 0 Å². The van der Waals surface area contributed by atoms with E-state index in [1.807, 2.05) is 0 Å². The molecule has 1 aliphatic rings. The van der Waals surface area contributed by atoms with Crippen molar-refractivity contribution in [1.29, 1.82) is 0 Å². The van der Waals surface area contributed by atoms with Crippen molar-refractivity contribution in [3.8, 4) is 0 Å². The molecule has 0 spiro atoms. The number of nitrogen functional groups attached to an aromatic ring is 1. The molecule has 0 atom stereocenters. The summed E-state index contributed by atoms with van der Waals surface area (Å²) in [5.41, 5.74) is 6.22. The van der Waals surface area contributed by atoms with E-state index in [1.165, 1.54) is 30.3 Å². The third-order valence-corrected chi connectivity index (χ3v) is 4.58. The van der Waals surface area contributed by atoms with Crippen LogP contribution in [0.25, 0.3) is 0 Å². The molecule has 0 radical (unpaired) electrons. The maximum Gasteiger partial charge on any atom is 0.416 e. The van der Waals surface area contributed by atoms with Crippen LogP contribution in [0.2, 0.25) is 0 Å². The Balaban J connectivity index is 1.84. The van der Waals surface area contributed by atoms with Crippen molar-refractivity contribution in [3.05, 3.63) is 88.5 Å². The van der Waals surface area contributed by atoms with E-state index >= 15 is 0 Å². The lowest BCUT2D eigenvalue weighted by atomic mass is 9.82. The van der Waals surface area contributed by atoms with Crippen molar-refractivity contribution in [2.75, 3.05) is 11.1 Å². The summed E-state index contributed by atoms with van der Waals surface area (Å²) in [5.74, 6) is -0.803. The number of carbonyl (C=O) groups excluding carboxylic acids is 2. The number of nitrogens with one attached hydrogen (secondary N) is 1. The molecular weight excluding hydrogens is 369 g/mol. The molecule has 3 aromatic carbocycles. The van der Waals surface area contributed by atoms with Crippen molar-refractivity contribution >= 4 is 28.6 Å². The van der Waals surface area contributed by atoms with E-state index in [-0.39, 0.29) is 39.3 Å². The molecule has 1 aliphatic carbocycles. The monoisotopic (exact) mass is 382 g/mol. The van der Waals surface area contributed by atoms with Crippen LogP contribution in [0.15, 0.2) is 60.7 Å². The molecule has 0 unspecified atom stereocenters. The van der Waals surface area contributed by atoms with Gasteiger partial charge in [0.25, 0.3) is 0 Å². The van der Waals surface area contributed by atoms with Gasteiger partial charge in [-0.05, 0) is 30.3 Å². The van der Waals surface area contributed by atoms with E-state index in [2.05, 4.69) is 5.32 Å². The lowest BCUT2D eigenvalue weighted by Crippen LogP contribution is -2.23. The van der Waals surface area contributed by atoms with Gasteiger partial charge >= 0.3 is 6.18 Å². The number of nitrogens with two attached hydrogens (primary N) is 1. The van der Waals surface area contributed by atoms with E-state index < -0.39 is 23.3 Å². The summed E-state index contributed by atoms with van der Waals surface area (Å²) in [4.78, 5) is 25.9. The van der Waals surface area contributed by atoms with Gasteiger partial charge in [-0.3, -0.25) is 9.59 Å². The lowest BCUT2D eigenvalue weighted by molar-refractivity contribution is -0.137. The van der Waals surface area contributed by atoms with E-state index in [4.69, 9.17) is 5.73 Å². The number of alkyl halides is 3. The minimum absolute atomic E-state index is 0.0562. The van der Waals surface area contributed by atoms with Crippen molar-refractivity contribution < 1.29 is 22.8 Å². The van der Waals surface area contributed by atoms with E-state index in [1.54, 1.807) is 18.2 Å². The highest BCUT2D eigenvalue weighted by molar-refractivity contribution is 6.31. The minimum atomic E-state index is -4.50. The molecule has 0 bridgehead atoms. The van der Waals surface area contributed by atoms with Crippen LogP contribution in [0, 0.1) is 0 Å². The van der Waals surface area contributed by atoms with Gasteiger partial charge in [-0.1, -0.05) is 30.3 Å². The molecule has 0 fully saturated rings. The zero-order valence-electron chi connectivity index (χ0n) is 14.3. The number of hydrogen-bond donors (Lipinski definition) is 2. The third kappa shape index (κ3) is 2.81. The second kappa shape index (κ2) is 6.23. The summed E-state index contributed by atoms with van der Waals surface area (Å²) in [6.45, 7) is 0. The number of hydrogen-bond acceptors (Lipinski definition) is 4. The van der Waals surface area contributed by atoms with E-state index in [0.29, 0.717) is 0 Å². The molecule has 0 heterocycles.